The second kappa shape index (κ2) is 4.08. The van der Waals surface area contributed by atoms with Gasteiger partial charge in [-0.15, -0.1) is 0 Å². The lowest BCUT2D eigenvalue weighted by Crippen LogP contribution is -2.41. The Labute approximate surface area is 106 Å². The molecule has 1 heterocycles. The molecule has 2 aliphatic rings. The first kappa shape index (κ1) is 13.1. The van der Waals surface area contributed by atoms with Gasteiger partial charge in [0, 0.05) is 12.0 Å². The van der Waals surface area contributed by atoms with Crippen LogP contribution in [0.3, 0.4) is 0 Å². The fourth-order valence-corrected chi connectivity index (χ4v) is 3.64. The van der Waals surface area contributed by atoms with E-state index in [0.29, 0.717) is 11.2 Å². The Bertz CT molecular complexity index is 317. The first-order valence-corrected chi connectivity index (χ1v) is 7.12. The topological polar surface area (TPSA) is 20.3 Å². The summed E-state index contributed by atoms with van der Waals surface area (Å²) in [6.45, 7) is 12.8. The fraction of sp³-hybridized carbons (Fsp3) is 0.933. The third-order valence-corrected chi connectivity index (χ3v) is 4.86. The van der Waals surface area contributed by atoms with Gasteiger partial charge in [0.25, 0.3) is 0 Å². The molecule has 1 unspecified atom stereocenters. The average molecular weight is 237 g/mol. The minimum absolute atomic E-state index is 0.191. The van der Waals surface area contributed by atoms with Gasteiger partial charge in [-0.2, -0.15) is 0 Å². The molecule has 1 saturated heterocycles. The summed E-state index contributed by atoms with van der Waals surface area (Å²) in [7, 11) is 0. The molecular formula is C15H27NO. The molecule has 17 heavy (non-hydrogen) atoms. The van der Waals surface area contributed by atoms with Gasteiger partial charge in [-0.1, -0.05) is 41.0 Å². The number of nitrogens with zero attached hydrogens (tertiary/aromatic N) is 1. The normalized spacial score (nSPS) is 37.7. The van der Waals surface area contributed by atoms with E-state index in [9.17, 15) is 4.79 Å². The summed E-state index contributed by atoms with van der Waals surface area (Å²) in [5.41, 5.74) is 0.316. The van der Waals surface area contributed by atoms with Crippen molar-refractivity contribution in [1.82, 2.24) is 4.90 Å². The molecule has 2 fully saturated rings. The van der Waals surface area contributed by atoms with Gasteiger partial charge in [-0.3, -0.25) is 9.69 Å². The lowest BCUT2D eigenvalue weighted by molar-refractivity contribution is -0.130. The van der Waals surface area contributed by atoms with Crippen molar-refractivity contribution in [3.63, 3.8) is 0 Å². The monoisotopic (exact) mass is 237 g/mol. The SMILES string of the molecule is CCC1C[C@@]12C[C@@H](C(=O)C(C)(C)C)N(CC)C2. The number of hydrogen-bond donors (Lipinski definition) is 0. The van der Waals surface area contributed by atoms with Gasteiger partial charge in [0.1, 0.15) is 0 Å². The molecule has 3 atom stereocenters. The second-order valence-electron chi connectivity index (χ2n) is 7.07. The van der Waals surface area contributed by atoms with E-state index in [1.54, 1.807) is 0 Å². The summed E-state index contributed by atoms with van der Waals surface area (Å²) in [5, 5.41) is 0. The zero-order chi connectivity index (χ0) is 12.8. The minimum Gasteiger partial charge on any atom is -0.297 e. The van der Waals surface area contributed by atoms with Crippen LogP contribution in [0.15, 0.2) is 0 Å². The van der Waals surface area contributed by atoms with Gasteiger partial charge in [-0.05, 0) is 30.7 Å². The highest BCUT2D eigenvalue weighted by atomic mass is 16.1. The largest absolute Gasteiger partial charge is 0.297 e. The lowest BCUT2D eigenvalue weighted by atomic mass is 9.84. The van der Waals surface area contributed by atoms with E-state index < -0.39 is 0 Å². The van der Waals surface area contributed by atoms with Crippen molar-refractivity contribution in [3.8, 4) is 0 Å². The third-order valence-electron chi connectivity index (χ3n) is 4.86. The number of carbonyl (C=O) groups excluding carboxylic acids is 1. The molecule has 1 saturated carbocycles. The maximum atomic E-state index is 12.5. The van der Waals surface area contributed by atoms with Gasteiger partial charge in [0.15, 0.2) is 5.78 Å². The molecule has 1 spiro atoms. The summed E-state index contributed by atoms with van der Waals surface area (Å²) < 4.78 is 0. The lowest BCUT2D eigenvalue weighted by Gasteiger charge is -2.27. The van der Waals surface area contributed by atoms with Gasteiger partial charge >= 0.3 is 0 Å². The number of ketones is 1. The third kappa shape index (κ3) is 2.16. The zero-order valence-electron chi connectivity index (χ0n) is 12.0. The Morgan fingerprint density at radius 3 is 2.35 bits per heavy atom. The Kier molecular flexibility index (Phi) is 3.14. The van der Waals surface area contributed by atoms with Crippen molar-refractivity contribution in [2.75, 3.05) is 13.1 Å². The minimum atomic E-state index is -0.194. The van der Waals surface area contributed by atoms with E-state index in [-0.39, 0.29) is 11.5 Å². The van der Waals surface area contributed by atoms with Gasteiger partial charge < -0.3 is 0 Å². The molecular weight excluding hydrogens is 210 g/mol. The number of rotatable bonds is 3. The van der Waals surface area contributed by atoms with Gasteiger partial charge in [0.2, 0.25) is 0 Å². The summed E-state index contributed by atoms with van der Waals surface area (Å²) in [6, 6.07) is 0.191. The number of Topliss-reactive ketones (excluding diaryl/α,β-unsaturated/α-hetero) is 1. The standard InChI is InChI=1S/C15H27NO/c1-6-11-8-15(11)9-12(16(7-2)10-15)13(17)14(3,4)5/h11-12H,6-10H2,1-5H3/t11?,12-,15-/m0/s1. The van der Waals surface area contributed by atoms with Crippen LogP contribution in [-0.2, 0) is 4.79 Å². The highest BCUT2D eigenvalue weighted by Gasteiger charge is 2.60. The Morgan fingerprint density at radius 2 is 1.94 bits per heavy atom. The number of likely N-dealkylation sites (N-methyl/N-ethyl adjacent to an activating group) is 1. The van der Waals surface area contributed by atoms with Crippen molar-refractivity contribution >= 4 is 5.78 Å². The molecule has 0 N–H and O–H groups in total. The van der Waals surface area contributed by atoms with E-state index in [1.807, 2.05) is 0 Å². The number of hydrogen-bond acceptors (Lipinski definition) is 2. The van der Waals surface area contributed by atoms with Crippen LogP contribution in [0.25, 0.3) is 0 Å². The fourth-order valence-electron chi connectivity index (χ4n) is 3.64. The van der Waals surface area contributed by atoms with Gasteiger partial charge in [0.05, 0.1) is 6.04 Å². The molecule has 1 aliphatic heterocycles. The molecule has 0 aromatic heterocycles. The predicted molar refractivity (Wildman–Crippen MR) is 70.9 cm³/mol. The van der Waals surface area contributed by atoms with Crippen LogP contribution in [-0.4, -0.2) is 29.8 Å². The Balaban J connectivity index is 2.11. The second-order valence-corrected chi connectivity index (χ2v) is 7.07. The molecule has 1 aliphatic carbocycles. The number of carbonyl (C=O) groups is 1. The first-order chi connectivity index (χ1) is 7.84. The molecule has 0 aromatic carbocycles. The highest BCUT2D eigenvalue weighted by molar-refractivity contribution is 5.89. The van der Waals surface area contributed by atoms with E-state index >= 15 is 0 Å². The van der Waals surface area contributed by atoms with E-state index in [2.05, 4.69) is 39.5 Å². The van der Waals surface area contributed by atoms with Crippen LogP contribution in [0.5, 0.6) is 0 Å². The van der Waals surface area contributed by atoms with Crippen molar-refractivity contribution < 1.29 is 4.79 Å². The van der Waals surface area contributed by atoms with Crippen molar-refractivity contribution in [3.05, 3.63) is 0 Å². The molecule has 2 rings (SSSR count). The smallest absolute Gasteiger partial charge is 0.155 e. The summed E-state index contributed by atoms with van der Waals surface area (Å²) in [6.07, 6.45) is 3.76. The van der Waals surface area contributed by atoms with Crippen LogP contribution in [0, 0.1) is 16.7 Å². The maximum absolute atomic E-state index is 12.5. The van der Waals surface area contributed by atoms with Crippen LogP contribution >= 0.6 is 0 Å². The molecule has 0 bridgehead atoms. The van der Waals surface area contributed by atoms with Crippen LogP contribution in [0.4, 0.5) is 0 Å². The van der Waals surface area contributed by atoms with Crippen molar-refractivity contribution in [2.24, 2.45) is 16.7 Å². The molecule has 0 aromatic rings. The molecule has 98 valence electrons. The van der Waals surface area contributed by atoms with E-state index in [4.69, 9.17) is 0 Å². The van der Waals surface area contributed by atoms with Gasteiger partial charge in [-0.25, -0.2) is 0 Å². The maximum Gasteiger partial charge on any atom is 0.155 e. The van der Waals surface area contributed by atoms with Crippen LogP contribution in [0.2, 0.25) is 0 Å². The van der Waals surface area contributed by atoms with E-state index in [0.717, 1.165) is 25.4 Å². The highest BCUT2D eigenvalue weighted by Crippen LogP contribution is 2.61. The molecule has 0 amide bonds. The predicted octanol–water partition coefficient (Wildman–Crippen LogP) is 3.11. The molecule has 2 nitrogen and oxygen atoms in total. The molecule has 2 heteroatoms. The molecule has 0 radical (unpaired) electrons. The zero-order valence-corrected chi connectivity index (χ0v) is 12.0. The van der Waals surface area contributed by atoms with Crippen LogP contribution < -0.4 is 0 Å². The Morgan fingerprint density at radius 1 is 1.29 bits per heavy atom. The quantitative estimate of drug-likeness (QED) is 0.751. The Hall–Kier alpha value is -0.370. The summed E-state index contributed by atoms with van der Waals surface area (Å²) >= 11 is 0. The summed E-state index contributed by atoms with van der Waals surface area (Å²) in [5.74, 6) is 1.33. The summed E-state index contributed by atoms with van der Waals surface area (Å²) in [4.78, 5) is 14.9. The average Bonchev–Trinajstić information content (AvgIpc) is 2.79. The van der Waals surface area contributed by atoms with E-state index in [1.165, 1.54) is 12.8 Å². The van der Waals surface area contributed by atoms with Crippen molar-refractivity contribution in [1.29, 1.82) is 0 Å². The first-order valence-electron chi connectivity index (χ1n) is 7.12. The van der Waals surface area contributed by atoms with Crippen molar-refractivity contribution in [2.45, 2.75) is 59.9 Å². The number of likely N-dealkylation sites (tertiary alicyclic amines) is 1. The van der Waals surface area contributed by atoms with Crippen LogP contribution in [0.1, 0.15) is 53.9 Å².